The van der Waals surface area contributed by atoms with E-state index in [4.69, 9.17) is 0 Å². The number of pyridine rings is 1. The normalized spacial score (nSPS) is 11.9. The fourth-order valence-corrected chi connectivity index (χ4v) is 3.45. The molecule has 2 aromatic heterocycles. The molecular formula is C23H26N4O2. The molecule has 1 aromatic carbocycles. The van der Waals surface area contributed by atoms with Crippen LogP contribution in [0.3, 0.4) is 0 Å². The first-order valence-corrected chi connectivity index (χ1v) is 9.68. The summed E-state index contributed by atoms with van der Waals surface area (Å²) < 4.78 is 0. The number of aryl methyl sites for hydroxylation is 4. The molecule has 3 rings (SSSR count). The molecule has 0 bridgehead atoms. The van der Waals surface area contributed by atoms with E-state index in [9.17, 15) is 9.59 Å². The van der Waals surface area contributed by atoms with Gasteiger partial charge in [0, 0.05) is 30.2 Å². The van der Waals surface area contributed by atoms with Gasteiger partial charge in [0.15, 0.2) is 0 Å². The first-order chi connectivity index (χ1) is 13.8. The molecule has 0 saturated heterocycles. The number of aromatic nitrogens is 3. The number of aromatic amines is 1. The maximum Gasteiger partial charge on any atom is 0.345 e. The van der Waals surface area contributed by atoms with Crippen molar-refractivity contribution in [3.8, 4) is 0 Å². The van der Waals surface area contributed by atoms with Crippen LogP contribution in [0.15, 0.2) is 47.5 Å². The zero-order valence-corrected chi connectivity index (χ0v) is 17.2. The highest BCUT2D eigenvalue weighted by atomic mass is 16.1. The van der Waals surface area contributed by atoms with Crippen molar-refractivity contribution in [2.75, 3.05) is 0 Å². The van der Waals surface area contributed by atoms with Gasteiger partial charge in [-0.3, -0.25) is 9.78 Å². The average molecular weight is 390 g/mol. The second-order valence-electron chi connectivity index (χ2n) is 7.36. The number of rotatable bonds is 6. The third-order valence-electron chi connectivity index (χ3n) is 5.24. The molecule has 0 spiro atoms. The molecule has 6 nitrogen and oxygen atoms in total. The quantitative estimate of drug-likeness (QED) is 0.676. The van der Waals surface area contributed by atoms with E-state index < -0.39 is 0 Å². The average Bonchev–Trinajstić information content (AvgIpc) is 2.68. The summed E-state index contributed by atoms with van der Waals surface area (Å²) in [5.41, 5.74) is 6.31. The molecule has 0 aliphatic heterocycles. The lowest BCUT2D eigenvalue weighted by Gasteiger charge is -2.21. The lowest BCUT2D eigenvalue weighted by Crippen LogP contribution is -2.30. The Labute approximate surface area is 170 Å². The highest BCUT2D eigenvalue weighted by molar-refractivity contribution is 5.77. The second-order valence-corrected chi connectivity index (χ2v) is 7.36. The van der Waals surface area contributed by atoms with Gasteiger partial charge in [-0.25, -0.2) is 4.79 Å². The van der Waals surface area contributed by atoms with Crippen molar-refractivity contribution < 1.29 is 4.79 Å². The van der Waals surface area contributed by atoms with E-state index in [0.717, 1.165) is 22.4 Å². The van der Waals surface area contributed by atoms with E-state index in [1.165, 1.54) is 11.1 Å². The predicted octanol–water partition coefficient (Wildman–Crippen LogP) is 3.24. The van der Waals surface area contributed by atoms with Crippen molar-refractivity contribution >= 4 is 5.91 Å². The van der Waals surface area contributed by atoms with Crippen LogP contribution in [0, 0.1) is 27.7 Å². The van der Waals surface area contributed by atoms with Gasteiger partial charge in [-0.05, 0) is 68.0 Å². The maximum atomic E-state index is 12.8. The molecule has 0 fully saturated rings. The van der Waals surface area contributed by atoms with Gasteiger partial charge in [-0.1, -0.05) is 24.3 Å². The fourth-order valence-electron chi connectivity index (χ4n) is 3.45. The molecule has 0 aliphatic rings. The van der Waals surface area contributed by atoms with Crippen LogP contribution in [0.25, 0.3) is 0 Å². The van der Waals surface area contributed by atoms with Crippen LogP contribution in [0.1, 0.15) is 51.7 Å². The van der Waals surface area contributed by atoms with Crippen molar-refractivity contribution in [3.05, 3.63) is 92.4 Å². The van der Waals surface area contributed by atoms with Gasteiger partial charge in [-0.15, -0.1) is 0 Å². The Morgan fingerprint density at radius 1 is 1.10 bits per heavy atom. The van der Waals surface area contributed by atoms with E-state index >= 15 is 0 Å². The molecule has 6 heteroatoms. The van der Waals surface area contributed by atoms with Crippen molar-refractivity contribution in [1.82, 2.24) is 20.3 Å². The van der Waals surface area contributed by atoms with Crippen molar-refractivity contribution in [2.45, 2.75) is 46.6 Å². The van der Waals surface area contributed by atoms with Gasteiger partial charge in [0.1, 0.15) is 0 Å². The summed E-state index contributed by atoms with van der Waals surface area (Å²) >= 11 is 0. The minimum Gasteiger partial charge on any atom is -0.345 e. The van der Waals surface area contributed by atoms with Crippen LogP contribution >= 0.6 is 0 Å². The van der Waals surface area contributed by atoms with Gasteiger partial charge in [0.2, 0.25) is 5.91 Å². The molecule has 2 N–H and O–H groups in total. The van der Waals surface area contributed by atoms with Gasteiger partial charge >= 0.3 is 5.69 Å². The van der Waals surface area contributed by atoms with E-state index in [-0.39, 0.29) is 17.6 Å². The van der Waals surface area contributed by atoms with E-state index in [1.54, 1.807) is 19.3 Å². The third-order valence-corrected chi connectivity index (χ3v) is 5.24. The van der Waals surface area contributed by atoms with E-state index in [1.807, 2.05) is 25.1 Å². The standard InChI is InChI=1S/C23H26N4O2/c1-14-7-8-18(12-15(14)2)22(19-6-5-11-24-13-19)27-21(28)10-9-20-16(3)25-23(29)26-17(20)4/h5-8,11-13,22H,9-10H2,1-4H3,(H,27,28)(H,25,26,29). The van der Waals surface area contributed by atoms with Gasteiger partial charge < -0.3 is 10.3 Å². The Balaban J connectivity index is 1.80. The molecule has 2 heterocycles. The minimum absolute atomic E-state index is 0.0675. The molecule has 150 valence electrons. The van der Waals surface area contributed by atoms with Crippen molar-refractivity contribution in [3.63, 3.8) is 0 Å². The molecule has 1 unspecified atom stereocenters. The highest BCUT2D eigenvalue weighted by Crippen LogP contribution is 2.24. The zero-order chi connectivity index (χ0) is 21.0. The number of hydrogen-bond donors (Lipinski definition) is 2. The summed E-state index contributed by atoms with van der Waals surface area (Å²) in [5.74, 6) is -0.0675. The zero-order valence-electron chi connectivity index (χ0n) is 17.2. The Hall–Kier alpha value is -3.28. The highest BCUT2D eigenvalue weighted by Gasteiger charge is 2.18. The Kier molecular flexibility index (Phi) is 6.22. The Morgan fingerprint density at radius 3 is 2.55 bits per heavy atom. The van der Waals surface area contributed by atoms with Gasteiger partial charge in [-0.2, -0.15) is 4.98 Å². The second kappa shape index (κ2) is 8.82. The van der Waals surface area contributed by atoms with Gasteiger partial charge in [0.25, 0.3) is 0 Å². The first kappa shape index (κ1) is 20.5. The fraction of sp³-hybridized carbons (Fsp3) is 0.304. The summed E-state index contributed by atoms with van der Waals surface area (Å²) in [6, 6.07) is 9.78. The van der Waals surface area contributed by atoms with Crippen LogP contribution in [-0.4, -0.2) is 20.9 Å². The number of benzene rings is 1. The first-order valence-electron chi connectivity index (χ1n) is 9.68. The molecule has 0 saturated carbocycles. The molecular weight excluding hydrogens is 364 g/mol. The van der Waals surface area contributed by atoms with Crippen LogP contribution in [-0.2, 0) is 11.2 Å². The number of hydrogen-bond acceptors (Lipinski definition) is 4. The van der Waals surface area contributed by atoms with E-state index in [2.05, 4.69) is 46.2 Å². The van der Waals surface area contributed by atoms with Gasteiger partial charge in [0.05, 0.1) is 6.04 Å². The summed E-state index contributed by atoms with van der Waals surface area (Å²) in [6.45, 7) is 7.76. The Bertz CT molecular complexity index is 1050. The maximum absolute atomic E-state index is 12.8. The number of nitrogens with zero attached hydrogens (tertiary/aromatic N) is 2. The van der Waals surface area contributed by atoms with Crippen LogP contribution in [0.2, 0.25) is 0 Å². The summed E-state index contributed by atoms with van der Waals surface area (Å²) in [5, 5.41) is 3.15. The number of carbonyl (C=O) groups is 1. The predicted molar refractivity (Wildman–Crippen MR) is 113 cm³/mol. The molecule has 29 heavy (non-hydrogen) atoms. The van der Waals surface area contributed by atoms with Crippen LogP contribution < -0.4 is 11.0 Å². The summed E-state index contributed by atoms with van der Waals surface area (Å²) in [7, 11) is 0. The monoisotopic (exact) mass is 390 g/mol. The molecule has 3 aromatic rings. The number of nitrogens with one attached hydrogen (secondary N) is 2. The largest absolute Gasteiger partial charge is 0.345 e. The number of amides is 1. The molecule has 1 amide bonds. The topological polar surface area (TPSA) is 87.7 Å². The van der Waals surface area contributed by atoms with Crippen molar-refractivity contribution in [2.24, 2.45) is 0 Å². The number of H-pyrrole nitrogens is 1. The summed E-state index contributed by atoms with van der Waals surface area (Å²) in [6.07, 6.45) is 4.31. The minimum atomic E-state index is -0.361. The summed E-state index contributed by atoms with van der Waals surface area (Å²) in [4.78, 5) is 35.1. The van der Waals surface area contributed by atoms with Crippen molar-refractivity contribution in [1.29, 1.82) is 0 Å². The Morgan fingerprint density at radius 2 is 1.90 bits per heavy atom. The lowest BCUT2D eigenvalue weighted by atomic mass is 9.96. The SMILES string of the molecule is Cc1ccc(C(NC(=O)CCc2c(C)nc(=O)[nH]c2C)c2cccnc2)cc1C. The molecule has 0 aliphatic carbocycles. The number of carbonyl (C=O) groups excluding carboxylic acids is 1. The molecule has 0 radical (unpaired) electrons. The van der Waals surface area contributed by atoms with Crippen LogP contribution in [0.5, 0.6) is 0 Å². The smallest absolute Gasteiger partial charge is 0.345 e. The molecule has 1 atom stereocenters. The lowest BCUT2D eigenvalue weighted by molar-refractivity contribution is -0.121. The third kappa shape index (κ3) is 4.96. The van der Waals surface area contributed by atoms with E-state index in [0.29, 0.717) is 18.5 Å². The van der Waals surface area contributed by atoms with Crippen LogP contribution in [0.4, 0.5) is 0 Å².